The van der Waals surface area contributed by atoms with E-state index >= 15 is 0 Å². The highest BCUT2D eigenvalue weighted by atomic mass is 16.5. The second kappa shape index (κ2) is 6.78. The van der Waals surface area contributed by atoms with Crippen molar-refractivity contribution >= 4 is 10.9 Å². The molecule has 0 aliphatic carbocycles. The molecule has 5 heteroatoms. The van der Waals surface area contributed by atoms with Gasteiger partial charge in [-0.3, -0.25) is 4.98 Å². The van der Waals surface area contributed by atoms with Gasteiger partial charge in [0.05, 0.1) is 36.3 Å². The highest BCUT2D eigenvalue weighted by Crippen LogP contribution is 2.39. The SMILES string of the molecule is CCOc1ncc(C)c2nc(C)cc(-c3ccc(C#N)cc3OC)c12. The van der Waals surface area contributed by atoms with Crippen molar-refractivity contribution in [3.63, 3.8) is 0 Å². The van der Waals surface area contributed by atoms with Crippen molar-refractivity contribution in [3.8, 4) is 28.8 Å². The first-order chi connectivity index (χ1) is 12.1. The first kappa shape index (κ1) is 16.7. The summed E-state index contributed by atoms with van der Waals surface area (Å²) in [5.74, 6) is 1.19. The second-order valence-electron chi connectivity index (χ2n) is 5.74. The summed E-state index contributed by atoms with van der Waals surface area (Å²) in [5, 5.41) is 10.00. The van der Waals surface area contributed by atoms with Gasteiger partial charge in [0, 0.05) is 23.0 Å². The predicted molar refractivity (Wildman–Crippen MR) is 96.9 cm³/mol. The van der Waals surface area contributed by atoms with E-state index in [1.807, 2.05) is 32.9 Å². The van der Waals surface area contributed by atoms with E-state index in [9.17, 15) is 0 Å². The minimum Gasteiger partial charge on any atom is -0.496 e. The average molecular weight is 333 g/mol. The zero-order valence-corrected chi connectivity index (χ0v) is 14.8. The minimum absolute atomic E-state index is 0.517. The van der Waals surface area contributed by atoms with Crippen molar-refractivity contribution in [3.05, 3.63) is 47.3 Å². The van der Waals surface area contributed by atoms with Gasteiger partial charge in [-0.15, -0.1) is 0 Å². The van der Waals surface area contributed by atoms with Crippen LogP contribution in [0, 0.1) is 25.2 Å². The molecule has 0 saturated carbocycles. The van der Waals surface area contributed by atoms with E-state index in [1.54, 1.807) is 25.4 Å². The van der Waals surface area contributed by atoms with Crippen LogP contribution in [0.4, 0.5) is 0 Å². The molecule has 25 heavy (non-hydrogen) atoms. The standard InChI is InChI=1S/C20H19N3O2/c1-5-25-20-18-16(8-13(3)23-19(18)12(2)11-22-20)15-7-6-14(10-21)9-17(15)24-4/h6-9,11H,5H2,1-4H3. The largest absolute Gasteiger partial charge is 0.496 e. The van der Waals surface area contributed by atoms with Crippen molar-refractivity contribution in [1.82, 2.24) is 9.97 Å². The summed E-state index contributed by atoms with van der Waals surface area (Å²) in [6.45, 7) is 6.39. The third-order valence-corrected chi connectivity index (χ3v) is 4.01. The van der Waals surface area contributed by atoms with E-state index < -0.39 is 0 Å². The highest BCUT2D eigenvalue weighted by molar-refractivity contribution is 6.00. The van der Waals surface area contributed by atoms with Gasteiger partial charge in [0.2, 0.25) is 5.88 Å². The molecule has 0 N–H and O–H groups in total. The van der Waals surface area contributed by atoms with E-state index in [4.69, 9.17) is 14.7 Å². The van der Waals surface area contributed by atoms with E-state index in [0.717, 1.165) is 33.3 Å². The fourth-order valence-electron chi connectivity index (χ4n) is 2.90. The molecule has 3 rings (SSSR count). The Bertz CT molecular complexity index is 990. The van der Waals surface area contributed by atoms with Gasteiger partial charge in [0.25, 0.3) is 0 Å². The quantitative estimate of drug-likeness (QED) is 0.716. The number of ether oxygens (including phenoxy) is 2. The molecule has 2 aromatic heterocycles. The predicted octanol–water partition coefficient (Wildman–Crippen LogP) is 4.19. The van der Waals surface area contributed by atoms with Gasteiger partial charge in [-0.05, 0) is 50.6 Å². The average Bonchev–Trinajstić information content (AvgIpc) is 2.63. The number of pyridine rings is 2. The number of aromatic nitrogens is 2. The molecular weight excluding hydrogens is 314 g/mol. The van der Waals surface area contributed by atoms with E-state index in [1.165, 1.54) is 0 Å². The summed E-state index contributed by atoms with van der Waals surface area (Å²) >= 11 is 0. The minimum atomic E-state index is 0.517. The smallest absolute Gasteiger partial charge is 0.223 e. The van der Waals surface area contributed by atoms with Crippen LogP contribution in [0.5, 0.6) is 11.6 Å². The Hall–Kier alpha value is -3.13. The lowest BCUT2D eigenvalue weighted by Gasteiger charge is -2.15. The summed E-state index contributed by atoms with van der Waals surface area (Å²) in [4.78, 5) is 9.13. The van der Waals surface area contributed by atoms with E-state index in [2.05, 4.69) is 16.0 Å². The zero-order chi connectivity index (χ0) is 18.0. The lowest BCUT2D eigenvalue weighted by molar-refractivity contribution is 0.331. The molecule has 0 saturated heterocycles. The number of rotatable bonds is 4. The van der Waals surface area contributed by atoms with Gasteiger partial charge in [-0.25, -0.2) is 4.98 Å². The van der Waals surface area contributed by atoms with Gasteiger partial charge >= 0.3 is 0 Å². The summed E-state index contributed by atoms with van der Waals surface area (Å²) in [5.41, 5.74) is 5.10. The van der Waals surface area contributed by atoms with Crippen LogP contribution in [-0.2, 0) is 0 Å². The summed E-state index contributed by atoms with van der Waals surface area (Å²) in [6.07, 6.45) is 1.78. The fourth-order valence-corrected chi connectivity index (χ4v) is 2.90. The molecule has 2 heterocycles. The second-order valence-corrected chi connectivity index (χ2v) is 5.74. The summed E-state index contributed by atoms with van der Waals surface area (Å²) in [6, 6.07) is 9.55. The molecule has 0 atom stereocenters. The molecule has 1 aromatic carbocycles. The number of nitriles is 1. The number of hydrogen-bond donors (Lipinski definition) is 0. The lowest BCUT2D eigenvalue weighted by atomic mass is 9.98. The number of benzene rings is 1. The van der Waals surface area contributed by atoms with Crippen molar-refractivity contribution in [2.24, 2.45) is 0 Å². The van der Waals surface area contributed by atoms with Crippen molar-refractivity contribution in [1.29, 1.82) is 5.26 Å². The van der Waals surface area contributed by atoms with Crippen LogP contribution in [0.3, 0.4) is 0 Å². The summed E-state index contributed by atoms with van der Waals surface area (Å²) < 4.78 is 11.3. The molecule has 0 bridgehead atoms. The van der Waals surface area contributed by atoms with E-state index in [0.29, 0.717) is 23.8 Å². The van der Waals surface area contributed by atoms with Gasteiger partial charge in [-0.2, -0.15) is 5.26 Å². The monoisotopic (exact) mass is 333 g/mol. The van der Waals surface area contributed by atoms with Gasteiger partial charge in [-0.1, -0.05) is 0 Å². The molecule has 126 valence electrons. The lowest BCUT2D eigenvalue weighted by Crippen LogP contribution is -2.00. The molecule has 5 nitrogen and oxygen atoms in total. The molecule has 0 aliphatic rings. The number of hydrogen-bond acceptors (Lipinski definition) is 5. The van der Waals surface area contributed by atoms with Gasteiger partial charge < -0.3 is 9.47 Å². The number of fused-ring (bicyclic) bond motifs is 1. The first-order valence-corrected chi connectivity index (χ1v) is 8.07. The molecule has 0 radical (unpaired) electrons. The maximum Gasteiger partial charge on any atom is 0.223 e. The maximum absolute atomic E-state index is 9.14. The normalized spacial score (nSPS) is 10.5. The third kappa shape index (κ3) is 2.99. The summed E-state index contributed by atoms with van der Waals surface area (Å²) in [7, 11) is 1.60. The number of methoxy groups -OCH3 is 1. The van der Waals surface area contributed by atoms with Crippen LogP contribution in [0.2, 0.25) is 0 Å². The van der Waals surface area contributed by atoms with Gasteiger partial charge in [0.1, 0.15) is 5.75 Å². The van der Waals surface area contributed by atoms with Crippen LogP contribution in [0.1, 0.15) is 23.7 Å². The Morgan fingerprint density at radius 2 is 1.96 bits per heavy atom. The fraction of sp³-hybridized carbons (Fsp3) is 0.250. The first-order valence-electron chi connectivity index (χ1n) is 8.07. The van der Waals surface area contributed by atoms with Crippen LogP contribution in [0.25, 0.3) is 22.0 Å². The maximum atomic E-state index is 9.14. The molecule has 3 aromatic rings. The molecule has 0 aliphatic heterocycles. The molecular formula is C20H19N3O2. The Morgan fingerprint density at radius 1 is 1.16 bits per heavy atom. The van der Waals surface area contributed by atoms with Crippen LogP contribution < -0.4 is 9.47 Å². The Kier molecular flexibility index (Phi) is 4.53. The molecule has 0 spiro atoms. The molecule has 0 fully saturated rings. The zero-order valence-electron chi connectivity index (χ0n) is 14.8. The van der Waals surface area contributed by atoms with Crippen molar-refractivity contribution < 1.29 is 9.47 Å². The molecule has 0 amide bonds. The van der Waals surface area contributed by atoms with Crippen molar-refractivity contribution in [2.75, 3.05) is 13.7 Å². The van der Waals surface area contributed by atoms with Crippen LogP contribution >= 0.6 is 0 Å². The number of nitrogens with zero attached hydrogens (tertiary/aromatic N) is 3. The van der Waals surface area contributed by atoms with Crippen molar-refractivity contribution in [2.45, 2.75) is 20.8 Å². The van der Waals surface area contributed by atoms with Gasteiger partial charge in [0.15, 0.2) is 0 Å². The third-order valence-electron chi connectivity index (χ3n) is 4.01. The topological polar surface area (TPSA) is 68.0 Å². The highest BCUT2D eigenvalue weighted by Gasteiger charge is 2.17. The number of aryl methyl sites for hydroxylation is 2. The van der Waals surface area contributed by atoms with Crippen LogP contribution in [0.15, 0.2) is 30.5 Å². The Morgan fingerprint density at radius 3 is 2.64 bits per heavy atom. The Labute approximate surface area is 146 Å². The van der Waals surface area contributed by atoms with E-state index in [-0.39, 0.29) is 0 Å². The Balaban J connectivity index is 2.40. The van der Waals surface area contributed by atoms with Crippen LogP contribution in [-0.4, -0.2) is 23.7 Å². The molecule has 0 unspecified atom stereocenters.